The molecule has 0 bridgehead atoms. The molecule has 0 aliphatic rings. The molecule has 6 nitrogen and oxygen atoms in total. The van der Waals surface area contributed by atoms with Crippen molar-refractivity contribution in [3.05, 3.63) is 30.1 Å². The van der Waals surface area contributed by atoms with Gasteiger partial charge in [0.05, 0.1) is 5.69 Å². The van der Waals surface area contributed by atoms with Gasteiger partial charge in [-0.3, -0.25) is 4.99 Å². The van der Waals surface area contributed by atoms with Gasteiger partial charge in [0, 0.05) is 60.5 Å². The van der Waals surface area contributed by atoms with Crippen molar-refractivity contribution in [3.63, 3.8) is 0 Å². The molecule has 0 amide bonds. The van der Waals surface area contributed by atoms with E-state index in [0.29, 0.717) is 5.69 Å². The third-order valence-electron chi connectivity index (χ3n) is 4.12. The summed E-state index contributed by atoms with van der Waals surface area (Å²) >= 11 is 0. The number of nitrogens with one attached hydrogen (secondary N) is 2. The average molecular weight is 368 g/mol. The Labute approximate surface area is 157 Å². The molecule has 0 aromatic heterocycles. The fourth-order valence-electron chi connectivity index (χ4n) is 2.58. The smallest absolute Gasteiger partial charge is 0.191 e. The van der Waals surface area contributed by atoms with E-state index >= 15 is 0 Å². The highest BCUT2D eigenvalue weighted by atomic mass is 19.1. The summed E-state index contributed by atoms with van der Waals surface area (Å²) in [5.41, 5.74) is 0.631. The standard InChI is InChI=1S/C19H34FN5O/c1-21-19(23-12-15-24(2)13-8-16-26-4)22-11-7-14-25(3)18-10-6-5-9-17(18)20/h5-6,9-10H,7-8,11-16H2,1-4H3,(H2,21,22,23). The molecule has 1 aromatic rings. The van der Waals surface area contributed by atoms with Crippen LogP contribution in [0.1, 0.15) is 12.8 Å². The summed E-state index contributed by atoms with van der Waals surface area (Å²) in [5.74, 6) is 0.610. The molecule has 1 rings (SSSR count). The molecule has 0 fully saturated rings. The molecule has 0 saturated heterocycles. The first-order valence-electron chi connectivity index (χ1n) is 9.16. The number of ether oxygens (including phenoxy) is 1. The van der Waals surface area contributed by atoms with Crippen LogP contribution in [-0.2, 0) is 4.74 Å². The lowest BCUT2D eigenvalue weighted by atomic mass is 10.2. The first-order chi connectivity index (χ1) is 12.6. The number of para-hydroxylation sites is 1. The molecule has 26 heavy (non-hydrogen) atoms. The molecular weight excluding hydrogens is 333 g/mol. The molecule has 0 aliphatic heterocycles. The Hall–Kier alpha value is -1.86. The average Bonchev–Trinajstić information content (AvgIpc) is 2.64. The zero-order valence-electron chi connectivity index (χ0n) is 16.6. The second-order valence-corrected chi connectivity index (χ2v) is 6.30. The highest BCUT2D eigenvalue weighted by Gasteiger charge is 2.06. The van der Waals surface area contributed by atoms with Crippen molar-refractivity contribution in [3.8, 4) is 0 Å². The highest BCUT2D eigenvalue weighted by Crippen LogP contribution is 2.16. The summed E-state index contributed by atoms with van der Waals surface area (Å²) < 4.78 is 18.8. The van der Waals surface area contributed by atoms with Gasteiger partial charge in [0.2, 0.25) is 0 Å². The normalized spacial score (nSPS) is 11.7. The van der Waals surface area contributed by atoms with Crippen LogP contribution in [0.3, 0.4) is 0 Å². The lowest BCUT2D eigenvalue weighted by Crippen LogP contribution is -2.41. The summed E-state index contributed by atoms with van der Waals surface area (Å²) in [5, 5.41) is 6.61. The number of benzene rings is 1. The van der Waals surface area contributed by atoms with Crippen LogP contribution in [0.5, 0.6) is 0 Å². The van der Waals surface area contributed by atoms with E-state index in [9.17, 15) is 4.39 Å². The summed E-state index contributed by atoms with van der Waals surface area (Å²) in [4.78, 5) is 8.43. The van der Waals surface area contributed by atoms with E-state index in [1.165, 1.54) is 6.07 Å². The maximum atomic E-state index is 13.7. The second kappa shape index (κ2) is 13.4. The van der Waals surface area contributed by atoms with Gasteiger partial charge in [0.15, 0.2) is 5.96 Å². The van der Waals surface area contributed by atoms with Crippen LogP contribution < -0.4 is 15.5 Å². The highest BCUT2D eigenvalue weighted by molar-refractivity contribution is 5.79. The number of likely N-dealkylation sites (N-methyl/N-ethyl adjacent to an activating group) is 1. The van der Waals surface area contributed by atoms with Crippen LogP contribution in [0.4, 0.5) is 10.1 Å². The summed E-state index contributed by atoms with van der Waals surface area (Å²) in [7, 11) is 7.51. The Balaban J connectivity index is 2.17. The number of nitrogens with zero attached hydrogens (tertiary/aromatic N) is 3. The van der Waals surface area contributed by atoms with Gasteiger partial charge >= 0.3 is 0 Å². The molecule has 7 heteroatoms. The van der Waals surface area contributed by atoms with Gasteiger partial charge in [0.1, 0.15) is 5.82 Å². The largest absolute Gasteiger partial charge is 0.385 e. The Morgan fingerprint density at radius 1 is 1.08 bits per heavy atom. The number of hydrogen-bond donors (Lipinski definition) is 2. The Bertz CT molecular complexity index is 526. The molecule has 1 aromatic carbocycles. The minimum atomic E-state index is -0.185. The van der Waals surface area contributed by atoms with E-state index in [-0.39, 0.29) is 5.82 Å². The summed E-state index contributed by atoms with van der Waals surface area (Å²) in [6.45, 7) is 5.14. The van der Waals surface area contributed by atoms with Crippen molar-refractivity contribution in [1.29, 1.82) is 0 Å². The van der Waals surface area contributed by atoms with Gasteiger partial charge in [-0.25, -0.2) is 4.39 Å². The maximum absolute atomic E-state index is 13.7. The van der Waals surface area contributed by atoms with Crippen LogP contribution >= 0.6 is 0 Å². The predicted molar refractivity (Wildman–Crippen MR) is 108 cm³/mol. The Morgan fingerprint density at radius 3 is 2.50 bits per heavy atom. The molecule has 0 heterocycles. The van der Waals surface area contributed by atoms with Crippen LogP contribution in [0.2, 0.25) is 0 Å². The predicted octanol–water partition coefficient (Wildman–Crippen LogP) is 1.79. The lowest BCUT2D eigenvalue weighted by Gasteiger charge is -2.21. The molecular formula is C19H34FN5O. The van der Waals surface area contributed by atoms with Crippen molar-refractivity contribution < 1.29 is 9.13 Å². The number of methoxy groups -OCH3 is 1. The molecule has 0 spiro atoms. The minimum Gasteiger partial charge on any atom is -0.385 e. The maximum Gasteiger partial charge on any atom is 0.191 e. The molecule has 0 saturated carbocycles. The van der Waals surface area contributed by atoms with E-state index < -0.39 is 0 Å². The quantitative estimate of drug-likeness (QED) is 0.335. The van der Waals surface area contributed by atoms with Crippen molar-refractivity contribution in [2.45, 2.75) is 12.8 Å². The number of hydrogen-bond acceptors (Lipinski definition) is 4. The van der Waals surface area contributed by atoms with Gasteiger partial charge in [-0.2, -0.15) is 0 Å². The van der Waals surface area contributed by atoms with Crippen LogP contribution in [0.25, 0.3) is 0 Å². The Kier molecular flexibility index (Phi) is 11.4. The number of anilines is 1. The third kappa shape index (κ3) is 9.01. The van der Waals surface area contributed by atoms with E-state index in [1.54, 1.807) is 26.3 Å². The van der Waals surface area contributed by atoms with Crippen molar-refractivity contribution >= 4 is 11.6 Å². The zero-order chi connectivity index (χ0) is 19.2. The van der Waals surface area contributed by atoms with E-state index in [4.69, 9.17) is 4.74 Å². The van der Waals surface area contributed by atoms with Gasteiger partial charge in [-0.15, -0.1) is 0 Å². The van der Waals surface area contributed by atoms with Gasteiger partial charge in [-0.1, -0.05) is 12.1 Å². The molecule has 0 aliphatic carbocycles. The Morgan fingerprint density at radius 2 is 1.81 bits per heavy atom. The van der Waals surface area contributed by atoms with E-state index in [0.717, 1.165) is 58.1 Å². The van der Waals surface area contributed by atoms with Gasteiger partial charge < -0.3 is 25.2 Å². The lowest BCUT2D eigenvalue weighted by molar-refractivity contribution is 0.180. The van der Waals surface area contributed by atoms with Crippen LogP contribution in [-0.4, -0.2) is 78.4 Å². The van der Waals surface area contributed by atoms with Gasteiger partial charge in [0.25, 0.3) is 0 Å². The van der Waals surface area contributed by atoms with Crippen LogP contribution in [0.15, 0.2) is 29.3 Å². The fraction of sp³-hybridized carbons (Fsp3) is 0.632. The van der Waals surface area contributed by atoms with Gasteiger partial charge in [-0.05, 0) is 32.0 Å². The van der Waals surface area contributed by atoms with Crippen LogP contribution in [0, 0.1) is 5.82 Å². The summed E-state index contributed by atoms with van der Waals surface area (Å²) in [6, 6.07) is 6.85. The number of halogens is 1. The minimum absolute atomic E-state index is 0.185. The number of rotatable bonds is 12. The van der Waals surface area contributed by atoms with Crippen molar-refractivity contribution in [1.82, 2.24) is 15.5 Å². The van der Waals surface area contributed by atoms with E-state index in [2.05, 4.69) is 27.6 Å². The fourth-order valence-corrected chi connectivity index (χ4v) is 2.58. The van der Waals surface area contributed by atoms with Crippen molar-refractivity contribution in [2.24, 2.45) is 4.99 Å². The number of guanidine groups is 1. The number of aliphatic imine (C=N–C) groups is 1. The molecule has 0 unspecified atom stereocenters. The second-order valence-electron chi connectivity index (χ2n) is 6.30. The molecule has 148 valence electrons. The SMILES string of the molecule is CN=C(NCCCN(C)c1ccccc1F)NCCN(C)CCCOC. The van der Waals surface area contributed by atoms with E-state index in [1.807, 2.05) is 18.0 Å². The molecule has 0 atom stereocenters. The monoisotopic (exact) mass is 367 g/mol. The molecule has 0 radical (unpaired) electrons. The first-order valence-corrected chi connectivity index (χ1v) is 9.16. The zero-order valence-corrected chi connectivity index (χ0v) is 16.6. The van der Waals surface area contributed by atoms with Crippen molar-refractivity contribution in [2.75, 3.05) is 72.5 Å². The first kappa shape index (κ1) is 22.2. The topological polar surface area (TPSA) is 52.1 Å². The summed E-state index contributed by atoms with van der Waals surface area (Å²) in [6.07, 6.45) is 1.93. The third-order valence-corrected chi connectivity index (χ3v) is 4.12. The molecule has 2 N–H and O–H groups in total.